The van der Waals surface area contributed by atoms with Crippen molar-refractivity contribution in [1.82, 2.24) is 4.57 Å². The van der Waals surface area contributed by atoms with Gasteiger partial charge in [0.05, 0.1) is 18.7 Å². The number of unbranched alkanes of at least 4 members (excludes halogenated alkanes) is 1. The van der Waals surface area contributed by atoms with Gasteiger partial charge in [0.15, 0.2) is 0 Å². The molecular weight excluding hydrogens is 393 g/mol. The molecule has 26 heavy (non-hydrogen) atoms. The minimum Gasteiger partial charge on any atom is -0.233 e. The van der Waals surface area contributed by atoms with Crippen molar-refractivity contribution in [2.75, 3.05) is 6.26 Å². The molecule has 0 aliphatic carbocycles. The highest BCUT2D eigenvalue weighted by molar-refractivity contribution is 7.84. The second-order valence-electron chi connectivity index (χ2n) is 5.88. The lowest BCUT2D eigenvalue weighted by atomic mass is 10.00. The smallest absolute Gasteiger partial charge is 0.233 e. The number of halogens is 3. The average Bonchev–Trinajstić information content (AvgIpc) is 2.94. The van der Waals surface area contributed by atoms with Crippen LogP contribution in [0.3, 0.4) is 0 Å². The van der Waals surface area contributed by atoms with Gasteiger partial charge in [-0.15, -0.1) is 3.97 Å². The standard InChI is InChI=1S/C14H27N2O2S.CHF3O2S/c1-5-8-10-15-11-12-16(19(4,17)18)14(15)13(7-3)9-6-2;2-1(3,4)7(5)6/h11-13H,5-10H2,1-4H3;7H/q+1;. The summed E-state index contributed by atoms with van der Waals surface area (Å²) in [5.74, 6) is 1.26. The van der Waals surface area contributed by atoms with Crippen molar-refractivity contribution in [3.63, 3.8) is 0 Å². The highest BCUT2D eigenvalue weighted by Crippen LogP contribution is 2.23. The Labute approximate surface area is 155 Å². The van der Waals surface area contributed by atoms with Crippen molar-refractivity contribution in [2.45, 2.75) is 70.8 Å². The number of alkyl halides is 3. The molecule has 0 aromatic carbocycles. The third kappa shape index (κ3) is 8.07. The molecule has 1 rings (SSSR count). The zero-order valence-electron chi connectivity index (χ0n) is 15.5. The molecule has 0 saturated heterocycles. The molecule has 1 aromatic heterocycles. The van der Waals surface area contributed by atoms with Crippen molar-refractivity contribution >= 4 is 20.7 Å². The van der Waals surface area contributed by atoms with E-state index in [1.54, 1.807) is 6.20 Å². The summed E-state index contributed by atoms with van der Waals surface area (Å²) in [6.07, 6.45) is 10.1. The average molecular weight is 422 g/mol. The number of aryl methyl sites for hydroxylation is 1. The molecule has 1 aromatic rings. The summed E-state index contributed by atoms with van der Waals surface area (Å²) < 4.78 is 77.0. The van der Waals surface area contributed by atoms with Gasteiger partial charge in [-0.3, -0.25) is 0 Å². The lowest BCUT2D eigenvalue weighted by molar-refractivity contribution is -0.522. The van der Waals surface area contributed by atoms with Gasteiger partial charge in [-0.1, -0.05) is 33.6 Å². The zero-order chi connectivity index (χ0) is 20.5. The van der Waals surface area contributed by atoms with Gasteiger partial charge in [-0.05, 0) is 19.3 Å². The van der Waals surface area contributed by atoms with Gasteiger partial charge in [0.1, 0.15) is 12.4 Å². The van der Waals surface area contributed by atoms with Crippen LogP contribution < -0.4 is 3.97 Å². The van der Waals surface area contributed by atoms with Crippen molar-refractivity contribution < 1.29 is 34.0 Å². The van der Waals surface area contributed by atoms with Crippen LogP contribution in [-0.2, 0) is 27.3 Å². The van der Waals surface area contributed by atoms with Crippen LogP contribution in [0, 0.1) is 0 Å². The van der Waals surface area contributed by atoms with Gasteiger partial charge < -0.3 is 0 Å². The molecule has 0 aliphatic heterocycles. The first kappa shape index (κ1) is 24.9. The van der Waals surface area contributed by atoms with E-state index >= 15 is 0 Å². The summed E-state index contributed by atoms with van der Waals surface area (Å²) >= 11 is 0. The minimum atomic E-state index is -5.05. The van der Waals surface area contributed by atoms with E-state index in [2.05, 4.69) is 25.3 Å². The molecule has 0 aliphatic rings. The van der Waals surface area contributed by atoms with Gasteiger partial charge in [0.2, 0.25) is 10.7 Å². The molecule has 1 atom stereocenters. The number of aromatic nitrogens is 2. The molecule has 154 valence electrons. The topological polar surface area (TPSA) is 77.1 Å². The molecule has 0 saturated carbocycles. The van der Waals surface area contributed by atoms with Gasteiger partial charge >= 0.3 is 15.5 Å². The quantitative estimate of drug-likeness (QED) is 0.517. The molecule has 6 nitrogen and oxygen atoms in total. The number of hydrogen-bond donors (Lipinski definition) is 1. The summed E-state index contributed by atoms with van der Waals surface area (Å²) in [7, 11) is -7.46. The van der Waals surface area contributed by atoms with Crippen molar-refractivity contribution in [2.24, 2.45) is 0 Å². The number of rotatable bonds is 8. The van der Waals surface area contributed by atoms with Crippen LogP contribution in [0.1, 0.15) is 64.6 Å². The molecule has 0 bridgehead atoms. The predicted octanol–water partition coefficient (Wildman–Crippen LogP) is 2.79. The van der Waals surface area contributed by atoms with E-state index in [1.165, 1.54) is 10.2 Å². The SMILES string of the molecule is CCCCn1cc[n+](S(C)(=O)=O)c1C(CC)CCC.O=[SH](=O)C(F)(F)F. The maximum absolute atomic E-state index is 11.9. The first-order valence-corrected chi connectivity index (χ1v) is 11.4. The molecule has 11 heteroatoms. The Morgan fingerprint density at radius 3 is 2.08 bits per heavy atom. The highest BCUT2D eigenvalue weighted by atomic mass is 32.2. The first-order valence-electron chi connectivity index (χ1n) is 8.42. The number of thiol groups is 1. The summed E-state index contributed by atoms with van der Waals surface area (Å²) in [4.78, 5) is 0. The van der Waals surface area contributed by atoms with Crippen LogP contribution in [0.15, 0.2) is 12.4 Å². The van der Waals surface area contributed by atoms with E-state index in [9.17, 15) is 21.6 Å². The Kier molecular flexibility index (Phi) is 10.4. The van der Waals surface area contributed by atoms with Gasteiger partial charge in [-0.2, -0.15) is 21.6 Å². The predicted molar refractivity (Wildman–Crippen MR) is 94.1 cm³/mol. The van der Waals surface area contributed by atoms with Gasteiger partial charge in [0.25, 0.3) is 5.82 Å². The van der Waals surface area contributed by atoms with Crippen LogP contribution in [0.2, 0.25) is 0 Å². The largest absolute Gasteiger partial charge is 0.494 e. The van der Waals surface area contributed by atoms with Crippen molar-refractivity contribution in [3.05, 3.63) is 18.2 Å². The van der Waals surface area contributed by atoms with Crippen molar-refractivity contribution in [3.8, 4) is 0 Å². The van der Waals surface area contributed by atoms with E-state index in [0.29, 0.717) is 5.92 Å². The van der Waals surface area contributed by atoms with Crippen LogP contribution in [0.4, 0.5) is 13.2 Å². The Morgan fingerprint density at radius 1 is 1.19 bits per heavy atom. The first-order chi connectivity index (χ1) is 11.9. The molecule has 1 heterocycles. The summed E-state index contributed by atoms with van der Waals surface area (Å²) in [6, 6.07) is 0. The maximum Gasteiger partial charge on any atom is 0.494 e. The normalized spacial score (nSPS) is 13.4. The fraction of sp³-hybridized carbons (Fsp3) is 0.800. The Bertz CT molecular complexity index is 718. The summed E-state index contributed by atoms with van der Waals surface area (Å²) in [5, 5.41) is 0. The number of imidazole rings is 1. The highest BCUT2D eigenvalue weighted by Gasteiger charge is 2.31. The Hall–Kier alpha value is -1.10. The van der Waals surface area contributed by atoms with Gasteiger partial charge in [0, 0.05) is 0 Å². The lowest BCUT2D eigenvalue weighted by Gasteiger charge is -2.12. The molecule has 0 fully saturated rings. The summed E-state index contributed by atoms with van der Waals surface area (Å²) in [6.45, 7) is 7.32. The molecular formula is C15H28F3N2O4S2+. The van der Waals surface area contributed by atoms with Crippen LogP contribution in [-0.4, -0.2) is 33.2 Å². The van der Waals surface area contributed by atoms with Crippen LogP contribution >= 0.6 is 0 Å². The molecule has 0 radical (unpaired) electrons. The fourth-order valence-corrected chi connectivity index (χ4v) is 3.37. The fourth-order valence-electron chi connectivity index (χ4n) is 2.50. The maximum atomic E-state index is 11.9. The third-order valence-electron chi connectivity index (χ3n) is 3.71. The second-order valence-corrected chi connectivity index (χ2v) is 8.76. The Morgan fingerprint density at radius 2 is 1.73 bits per heavy atom. The second kappa shape index (κ2) is 10.9. The monoisotopic (exact) mass is 421 g/mol. The van der Waals surface area contributed by atoms with Crippen LogP contribution in [0.5, 0.6) is 0 Å². The van der Waals surface area contributed by atoms with Crippen LogP contribution in [0.25, 0.3) is 0 Å². The minimum absolute atomic E-state index is 0.312. The molecule has 0 spiro atoms. The molecule has 0 N–H and O–H groups in total. The number of hydrogen-bond acceptors (Lipinski definition) is 4. The zero-order valence-corrected chi connectivity index (χ0v) is 17.2. The van der Waals surface area contributed by atoms with E-state index in [1.807, 2.05) is 6.20 Å². The molecule has 0 amide bonds. The van der Waals surface area contributed by atoms with E-state index in [-0.39, 0.29) is 0 Å². The van der Waals surface area contributed by atoms with Gasteiger partial charge in [-0.25, -0.2) is 13.0 Å². The number of nitrogens with zero attached hydrogens (tertiary/aromatic N) is 2. The van der Waals surface area contributed by atoms with E-state index in [4.69, 9.17) is 8.42 Å². The van der Waals surface area contributed by atoms with Crippen molar-refractivity contribution in [1.29, 1.82) is 0 Å². The third-order valence-corrected chi connectivity index (χ3v) is 5.15. The molecule has 1 unspecified atom stereocenters. The lowest BCUT2D eigenvalue weighted by Crippen LogP contribution is -2.45. The Balaban J connectivity index is 0.000000758. The van der Waals surface area contributed by atoms with E-state index in [0.717, 1.165) is 44.5 Å². The summed E-state index contributed by atoms with van der Waals surface area (Å²) in [5.41, 5.74) is -5.05. The van der Waals surface area contributed by atoms with E-state index < -0.39 is 26.2 Å².